The van der Waals surface area contributed by atoms with Crippen LogP contribution in [0.15, 0.2) is 30.6 Å². The Balaban J connectivity index is 1.65. The van der Waals surface area contributed by atoms with Crippen LogP contribution in [-0.4, -0.2) is 42.6 Å². The van der Waals surface area contributed by atoms with Crippen molar-refractivity contribution >= 4 is 11.6 Å². The minimum atomic E-state index is -0.245. The number of rotatable bonds is 6. The van der Waals surface area contributed by atoms with Gasteiger partial charge in [0.15, 0.2) is 0 Å². The minimum Gasteiger partial charge on any atom is -0.497 e. The van der Waals surface area contributed by atoms with Crippen molar-refractivity contribution < 1.29 is 19.0 Å². The van der Waals surface area contributed by atoms with Crippen molar-refractivity contribution in [2.75, 3.05) is 26.1 Å². The van der Waals surface area contributed by atoms with Crippen LogP contribution in [0.2, 0.25) is 0 Å². The van der Waals surface area contributed by atoms with Gasteiger partial charge in [-0.1, -0.05) is 0 Å². The van der Waals surface area contributed by atoms with E-state index in [0.29, 0.717) is 29.3 Å². The van der Waals surface area contributed by atoms with Crippen molar-refractivity contribution in [1.82, 2.24) is 9.78 Å². The molecule has 1 atom stereocenters. The molecule has 134 valence electrons. The maximum atomic E-state index is 12.5. The summed E-state index contributed by atoms with van der Waals surface area (Å²) in [5.74, 6) is 0.884. The molecule has 3 rings (SSSR count). The molecular formula is C18H23N3O4. The Morgan fingerprint density at radius 2 is 2.04 bits per heavy atom. The van der Waals surface area contributed by atoms with Crippen LogP contribution < -0.4 is 14.8 Å². The zero-order chi connectivity index (χ0) is 17.6. The van der Waals surface area contributed by atoms with Crippen molar-refractivity contribution in [3.05, 3.63) is 36.2 Å². The molecule has 1 N–H and O–H groups in total. The lowest BCUT2D eigenvalue weighted by Gasteiger charge is -2.22. The molecule has 0 saturated carbocycles. The maximum absolute atomic E-state index is 12.5. The van der Waals surface area contributed by atoms with Gasteiger partial charge < -0.3 is 19.5 Å². The first-order valence-electron chi connectivity index (χ1n) is 8.36. The van der Waals surface area contributed by atoms with Gasteiger partial charge in [-0.05, 0) is 31.4 Å². The van der Waals surface area contributed by atoms with Gasteiger partial charge in [0, 0.05) is 24.4 Å². The fraction of sp³-hybridized carbons (Fsp3) is 0.444. The average molecular weight is 345 g/mol. The molecule has 25 heavy (non-hydrogen) atoms. The minimum absolute atomic E-state index is 0.194. The number of carbonyl (C=O) groups excluding carboxylic acids is 1. The van der Waals surface area contributed by atoms with Gasteiger partial charge >= 0.3 is 0 Å². The number of benzene rings is 1. The molecular weight excluding hydrogens is 322 g/mol. The Morgan fingerprint density at radius 3 is 2.68 bits per heavy atom. The van der Waals surface area contributed by atoms with Crippen molar-refractivity contribution in [3.8, 4) is 11.5 Å². The molecule has 0 spiro atoms. The molecule has 1 aliphatic rings. The van der Waals surface area contributed by atoms with E-state index >= 15 is 0 Å². The van der Waals surface area contributed by atoms with Gasteiger partial charge in [0.1, 0.15) is 11.5 Å². The molecule has 7 heteroatoms. The van der Waals surface area contributed by atoms with Crippen LogP contribution in [0.25, 0.3) is 0 Å². The summed E-state index contributed by atoms with van der Waals surface area (Å²) in [6.45, 7) is 1.51. The molecule has 0 bridgehead atoms. The first kappa shape index (κ1) is 17.3. The number of hydrogen-bond acceptors (Lipinski definition) is 5. The first-order valence-corrected chi connectivity index (χ1v) is 8.36. The number of aromatic nitrogens is 2. The summed E-state index contributed by atoms with van der Waals surface area (Å²) < 4.78 is 17.9. The molecule has 1 saturated heterocycles. The maximum Gasteiger partial charge on any atom is 0.256 e. The number of amides is 1. The standard InChI is InChI=1S/C18H23N3O4/c1-23-16-7-13(8-17(9-16)24-2)18(22)20-14-10-19-21(11-14)12-15-5-3-4-6-25-15/h7-11,15H,3-6,12H2,1-2H3,(H,20,22)/t15-/m1/s1. The topological polar surface area (TPSA) is 74.6 Å². The van der Waals surface area contributed by atoms with Gasteiger partial charge in [0.05, 0.1) is 38.8 Å². The summed E-state index contributed by atoms with van der Waals surface area (Å²) in [5.41, 5.74) is 1.10. The number of methoxy groups -OCH3 is 2. The Bertz CT molecular complexity index is 701. The van der Waals surface area contributed by atoms with E-state index < -0.39 is 0 Å². The highest BCUT2D eigenvalue weighted by molar-refractivity contribution is 6.04. The molecule has 2 aromatic rings. The van der Waals surface area contributed by atoms with Crippen LogP contribution in [0.3, 0.4) is 0 Å². The Morgan fingerprint density at radius 1 is 1.28 bits per heavy atom. The normalized spacial score (nSPS) is 17.1. The smallest absolute Gasteiger partial charge is 0.256 e. The van der Waals surface area contributed by atoms with Gasteiger partial charge in [0.25, 0.3) is 5.91 Å². The van der Waals surface area contributed by atoms with Gasteiger partial charge in [-0.15, -0.1) is 0 Å². The van der Waals surface area contributed by atoms with Crippen LogP contribution in [-0.2, 0) is 11.3 Å². The number of ether oxygens (including phenoxy) is 3. The summed E-state index contributed by atoms with van der Waals surface area (Å²) in [6.07, 6.45) is 7.00. The molecule has 7 nitrogen and oxygen atoms in total. The SMILES string of the molecule is COc1cc(OC)cc(C(=O)Nc2cnn(C[C@H]3CCCCO3)c2)c1. The number of hydrogen-bond donors (Lipinski definition) is 1. The van der Waals surface area contributed by atoms with Gasteiger partial charge in [-0.25, -0.2) is 0 Å². The summed E-state index contributed by atoms with van der Waals surface area (Å²) in [5, 5.41) is 7.14. The van der Waals surface area contributed by atoms with Crippen LogP contribution in [0, 0.1) is 0 Å². The van der Waals surface area contributed by atoms with Crippen LogP contribution in [0.4, 0.5) is 5.69 Å². The molecule has 1 aliphatic heterocycles. The van der Waals surface area contributed by atoms with Crippen molar-refractivity contribution in [1.29, 1.82) is 0 Å². The highest BCUT2D eigenvalue weighted by Gasteiger charge is 2.16. The second-order valence-electron chi connectivity index (χ2n) is 6.00. The van der Waals surface area contributed by atoms with E-state index in [9.17, 15) is 4.79 Å². The quantitative estimate of drug-likeness (QED) is 0.871. The zero-order valence-corrected chi connectivity index (χ0v) is 14.5. The average Bonchev–Trinajstić information content (AvgIpc) is 3.08. The lowest BCUT2D eigenvalue weighted by molar-refractivity contribution is 0.00400. The Hall–Kier alpha value is -2.54. The predicted octanol–water partition coefficient (Wildman–Crippen LogP) is 2.72. The largest absolute Gasteiger partial charge is 0.497 e. The third-order valence-corrected chi connectivity index (χ3v) is 4.17. The van der Waals surface area contributed by atoms with Crippen LogP contribution in [0.5, 0.6) is 11.5 Å². The molecule has 0 radical (unpaired) electrons. The fourth-order valence-electron chi connectivity index (χ4n) is 2.83. The van der Waals surface area contributed by atoms with E-state index in [-0.39, 0.29) is 12.0 Å². The molecule has 1 amide bonds. The summed E-state index contributed by atoms with van der Waals surface area (Å²) >= 11 is 0. The Labute approximate surface area is 146 Å². The van der Waals surface area contributed by atoms with E-state index in [1.807, 2.05) is 6.20 Å². The predicted molar refractivity (Wildman–Crippen MR) is 93.3 cm³/mol. The van der Waals surface area contributed by atoms with E-state index in [2.05, 4.69) is 10.4 Å². The van der Waals surface area contributed by atoms with Crippen molar-refractivity contribution in [3.63, 3.8) is 0 Å². The van der Waals surface area contributed by atoms with E-state index in [1.165, 1.54) is 6.42 Å². The summed E-state index contributed by atoms with van der Waals surface area (Å²) in [6, 6.07) is 5.05. The molecule has 1 aromatic heterocycles. The third-order valence-electron chi connectivity index (χ3n) is 4.17. The second-order valence-corrected chi connectivity index (χ2v) is 6.00. The van der Waals surface area contributed by atoms with Gasteiger partial charge in [-0.3, -0.25) is 9.48 Å². The molecule has 2 heterocycles. The second kappa shape index (κ2) is 8.02. The highest BCUT2D eigenvalue weighted by Crippen LogP contribution is 2.23. The van der Waals surface area contributed by atoms with E-state index in [1.54, 1.807) is 43.3 Å². The molecule has 0 aliphatic carbocycles. The lowest BCUT2D eigenvalue weighted by Crippen LogP contribution is -2.24. The first-order chi connectivity index (χ1) is 12.2. The fourth-order valence-corrected chi connectivity index (χ4v) is 2.83. The van der Waals surface area contributed by atoms with E-state index in [4.69, 9.17) is 14.2 Å². The van der Waals surface area contributed by atoms with E-state index in [0.717, 1.165) is 19.4 Å². The highest BCUT2D eigenvalue weighted by atomic mass is 16.5. The molecule has 1 aromatic carbocycles. The van der Waals surface area contributed by atoms with Gasteiger partial charge in [-0.2, -0.15) is 5.10 Å². The van der Waals surface area contributed by atoms with Crippen molar-refractivity contribution in [2.24, 2.45) is 0 Å². The Kier molecular flexibility index (Phi) is 5.55. The summed E-state index contributed by atoms with van der Waals surface area (Å²) in [7, 11) is 3.10. The number of nitrogens with one attached hydrogen (secondary N) is 1. The third kappa shape index (κ3) is 4.51. The number of carbonyl (C=O) groups is 1. The van der Waals surface area contributed by atoms with Crippen LogP contribution >= 0.6 is 0 Å². The lowest BCUT2D eigenvalue weighted by atomic mass is 10.1. The summed E-state index contributed by atoms with van der Waals surface area (Å²) in [4.78, 5) is 12.5. The number of nitrogens with zero attached hydrogens (tertiary/aromatic N) is 2. The van der Waals surface area contributed by atoms with Crippen LogP contribution in [0.1, 0.15) is 29.6 Å². The zero-order valence-electron chi connectivity index (χ0n) is 14.5. The van der Waals surface area contributed by atoms with Gasteiger partial charge in [0.2, 0.25) is 0 Å². The molecule has 0 unspecified atom stereocenters. The van der Waals surface area contributed by atoms with Crippen molar-refractivity contribution in [2.45, 2.75) is 31.9 Å². The monoisotopic (exact) mass is 345 g/mol. The molecule has 1 fully saturated rings. The number of anilines is 1.